The fraction of sp³-hybridized carbons (Fsp3) is 0.500. The molecule has 1 aliphatic carbocycles. The summed E-state index contributed by atoms with van der Waals surface area (Å²) in [6.45, 7) is 4.44. The van der Waals surface area contributed by atoms with E-state index in [0.29, 0.717) is 17.5 Å². The largest absolute Gasteiger partial charge is 0.347 e. The summed E-state index contributed by atoms with van der Waals surface area (Å²) in [5.41, 5.74) is 6.59. The molecule has 1 heterocycles. The van der Waals surface area contributed by atoms with Gasteiger partial charge < -0.3 is 11.1 Å². The van der Waals surface area contributed by atoms with E-state index in [4.69, 9.17) is 17.3 Å². The molecular weight excluding hydrogens is 338 g/mol. The molecule has 6 nitrogen and oxygen atoms in total. The van der Waals surface area contributed by atoms with E-state index >= 15 is 0 Å². The summed E-state index contributed by atoms with van der Waals surface area (Å²) in [6, 6.07) is 7.44. The zero-order valence-corrected chi connectivity index (χ0v) is 15.4. The number of benzene rings is 1. The summed E-state index contributed by atoms with van der Waals surface area (Å²) in [6.07, 6.45) is 3.70. The molecule has 1 aromatic carbocycles. The molecule has 0 atom stereocenters. The van der Waals surface area contributed by atoms with Crippen molar-refractivity contribution in [1.82, 2.24) is 20.1 Å². The van der Waals surface area contributed by atoms with Gasteiger partial charge in [0, 0.05) is 18.0 Å². The van der Waals surface area contributed by atoms with Gasteiger partial charge in [-0.3, -0.25) is 4.79 Å². The van der Waals surface area contributed by atoms with Crippen LogP contribution in [0.2, 0.25) is 5.02 Å². The van der Waals surface area contributed by atoms with Crippen LogP contribution in [0.5, 0.6) is 0 Å². The molecule has 1 amide bonds. The topological polar surface area (TPSA) is 85.8 Å². The fourth-order valence-corrected chi connectivity index (χ4v) is 2.88. The summed E-state index contributed by atoms with van der Waals surface area (Å²) < 4.78 is 1.70. The highest BCUT2D eigenvalue weighted by Crippen LogP contribution is 2.40. The lowest BCUT2D eigenvalue weighted by Crippen LogP contribution is -2.49. The Hall–Kier alpha value is -1.92. The number of nitrogens with one attached hydrogen (secondary N) is 1. The number of carbonyl (C=O) groups is 1. The Labute approximate surface area is 152 Å². The van der Waals surface area contributed by atoms with Crippen molar-refractivity contribution in [3.05, 3.63) is 40.9 Å². The van der Waals surface area contributed by atoms with Crippen LogP contribution in [0.1, 0.15) is 61.9 Å². The number of nitrogens with zero attached hydrogens (tertiary/aromatic N) is 3. The Kier molecular flexibility index (Phi) is 5.11. The zero-order valence-electron chi connectivity index (χ0n) is 14.6. The van der Waals surface area contributed by atoms with Crippen molar-refractivity contribution >= 4 is 17.5 Å². The van der Waals surface area contributed by atoms with E-state index in [9.17, 15) is 4.79 Å². The van der Waals surface area contributed by atoms with Gasteiger partial charge in [-0.05, 0) is 37.8 Å². The zero-order chi connectivity index (χ0) is 18.0. The Morgan fingerprint density at radius 1 is 1.36 bits per heavy atom. The molecule has 2 aromatic rings. The van der Waals surface area contributed by atoms with Crippen LogP contribution in [0, 0.1) is 0 Å². The van der Waals surface area contributed by atoms with Gasteiger partial charge in [-0.2, -0.15) is 0 Å². The lowest BCUT2D eigenvalue weighted by atomic mass is 9.94. The highest BCUT2D eigenvalue weighted by Gasteiger charge is 2.32. The first kappa shape index (κ1) is 17.9. The van der Waals surface area contributed by atoms with Gasteiger partial charge in [-0.25, -0.2) is 9.67 Å². The maximum absolute atomic E-state index is 12.5. The molecule has 134 valence electrons. The van der Waals surface area contributed by atoms with E-state index in [-0.39, 0.29) is 11.7 Å². The normalized spacial score (nSPS) is 14.6. The number of halogens is 1. The van der Waals surface area contributed by atoms with E-state index in [0.717, 1.165) is 37.2 Å². The molecule has 3 N–H and O–H groups in total. The number of aromatic nitrogens is 3. The maximum atomic E-state index is 12.5. The van der Waals surface area contributed by atoms with Crippen LogP contribution in [0.3, 0.4) is 0 Å². The van der Waals surface area contributed by atoms with Crippen LogP contribution in [0.4, 0.5) is 0 Å². The molecular formula is C18H24ClN5O. The first-order valence-electron chi connectivity index (χ1n) is 8.76. The van der Waals surface area contributed by atoms with Gasteiger partial charge in [-0.1, -0.05) is 37.6 Å². The Bertz CT molecular complexity index is 765. The monoisotopic (exact) mass is 361 g/mol. The molecule has 0 spiro atoms. The van der Waals surface area contributed by atoms with Crippen molar-refractivity contribution in [2.45, 2.75) is 51.0 Å². The standard InChI is InChI=1S/C18H24ClN5O/c1-3-18(20,4-2)11-21-17(25)15-22-16(12-9-10-12)24(23-15)14-8-6-5-7-13(14)19/h5-8,12H,3-4,9-11,20H2,1-2H3,(H,21,25). The third-order valence-corrected chi connectivity index (χ3v) is 5.19. The van der Waals surface area contributed by atoms with Crippen LogP contribution in [0.15, 0.2) is 24.3 Å². The molecule has 3 rings (SSSR count). The number of hydrogen-bond donors (Lipinski definition) is 2. The summed E-state index contributed by atoms with van der Waals surface area (Å²) in [7, 11) is 0. The van der Waals surface area contributed by atoms with Crippen molar-refractivity contribution in [2.24, 2.45) is 5.73 Å². The summed E-state index contributed by atoms with van der Waals surface area (Å²) in [5.74, 6) is 0.995. The number of carbonyl (C=O) groups excluding carboxylic acids is 1. The number of hydrogen-bond acceptors (Lipinski definition) is 4. The average molecular weight is 362 g/mol. The van der Waals surface area contributed by atoms with Crippen molar-refractivity contribution < 1.29 is 4.79 Å². The van der Waals surface area contributed by atoms with Gasteiger partial charge in [0.25, 0.3) is 5.91 Å². The minimum atomic E-state index is -0.402. The Morgan fingerprint density at radius 2 is 2.04 bits per heavy atom. The third-order valence-electron chi connectivity index (χ3n) is 4.87. The third kappa shape index (κ3) is 3.85. The second kappa shape index (κ2) is 7.14. The lowest BCUT2D eigenvalue weighted by Gasteiger charge is -2.26. The fourth-order valence-electron chi connectivity index (χ4n) is 2.66. The summed E-state index contributed by atoms with van der Waals surface area (Å²) >= 11 is 6.30. The van der Waals surface area contributed by atoms with Gasteiger partial charge in [0.05, 0.1) is 10.7 Å². The van der Waals surface area contributed by atoms with Crippen LogP contribution < -0.4 is 11.1 Å². The number of para-hydroxylation sites is 1. The minimum absolute atomic E-state index is 0.163. The molecule has 1 saturated carbocycles. The number of amides is 1. The highest BCUT2D eigenvalue weighted by molar-refractivity contribution is 6.32. The van der Waals surface area contributed by atoms with Crippen LogP contribution in [0.25, 0.3) is 5.69 Å². The molecule has 25 heavy (non-hydrogen) atoms. The molecule has 0 unspecified atom stereocenters. The molecule has 0 saturated heterocycles. The van der Waals surface area contributed by atoms with Crippen LogP contribution in [-0.2, 0) is 0 Å². The van der Waals surface area contributed by atoms with E-state index < -0.39 is 5.54 Å². The van der Waals surface area contributed by atoms with E-state index in [2.05, 4.69) is 15.4 Å². The molecule has 1 fully saturated rings. The van der Waals surface area contributed by atoms with Gasteiger partial charge in [0.1, 0.15) is 5.82 Å². The lowest BCUT2D eigenvalue weighted by molar-refractivity contribution is 0.0931. The Balaban J connectivity index is 1.85. The van der Waals surface area contributed by atoms with Crippen LogP contribution in [-0.4, -0.2) is 32.8 Å². The molecule has 1 aromatic heterocycles. The maximum Gasteiger partial charge on any atom is 0.291 e. The predicted molar refractivity (Wildman–Crippen MR) is 98.2 cm³/mol. The first-order chi connectivity index (χ1) is 12.0. The van der Waals surface area contributed by atoms with E-state index in [1.54, 1.807) is 10.7 Å². The second-order valence-electron chi connectivity index (χ2n) is 6.68. The summed E-state index contributed by atoms with van der Waals surface area (Å²) in [4.78, 5) is 17.0. The minimum Gasteiger partial charge on any atom is -0.347 e. The van der Waals surface area contributed by atoms with Gasteiger partial charge >= 0.3 is 0 Å². The van der Waals surface area contributed by atoms with Gasteiger partial charge in [-0.15, -0.1) is 5.10 Å². The van der Waals surface area contributed by atoms with Crippen LogP contribution >= 0.6 is 11.6 Å². The molecule has 0 aliphatic heterocycles. The molecule has 0 bridgehead atoms. The predicted octanol–water partition coefficient (Wildman–Crippen LogP) is 3.05. The van der Waals surface area contributed by atoms with E-state index in [1.165, 1.54) is 0 Å². The average Bonchev–Trinajstić information content (AvgIpc) is 3.38. The van der Waals surface area contributed by atoms with Gasteiger partial charge in [0.15, 0.2) is 0 Å². The Morgan fingerprint density at radius 3 is 2.64 bits per heavy atom. The number of rotatable bonds is 7. The van der Waals surface area contributed by atoms with Crippen molar-refractivity contribution in [1.29, 1.82) is 0 Å². The van der Waals surface area contributed by atoms with Crippen molar-refractivity contribution in [2.75, 3.05) is 6.54 Å². The first-order valence-corrected chi connectivity index (χ1v) is 9.14. The van der Waals surface area contributed by atoms with Gasteiger partial charge in [0.2, 0.25) is 5.82 Å². The van der Waals surface area contributed by atoms with Crippen molar-refractivity contribution in [3.63, 3.8) is 0 Å². The SMILES string of the molecule is CCC(N)(CC)CNC(=O)c1nc(C2CC2)n(-c2ccccc2Cl)n1. The second-order valence-corrected chi connectivity index (χ2v) is 7.09. The highest BCUT2D eigenvalue weighted by atomic mass is 35.5. The van der Waals surface area contributed by atoms with E-state index in [1.807, 2.05) is 32.0 Å². The quantitative estimate of drug-likeness (QED) is 0.793. The smallest absolute Gasteiger partial charge is 0.291 e. The summed E-state index contributed by atoms with van der Waals surface area (Å²) in [5, 5.41) is 7.88. The molecule has 7 heteroatoms. The molecule has 0 radical (unpaired) electrons. The molecule has 1 aliphatic rings. The van der Waals surface area contributed by atoms with Crippen molar-refractivity contribution in [3.8, 4) is 5.69 Å². The number of nitrogens with two attached hydrogens (primary N) is 1.